The second kappa shape index (κ2) is 11.0. The van der Waals surface area contributed by atoms with Crippen LogP contribution in [0.2, 0.25) is 0 Å². The first-order valence-electron chi connectivity index (χ1n) is 12.7. The standard InChI is InChI=1S/C27H42N2O4/c1-5-18(26(31)32)13-17-9-8-10-21(14-17)29-24-23(33-4)16-19-11-12-20(25(28)30)15-22(19)27(24,6-2)7-3/h11-12,15,17-18,21,23-24,29H,5-10,13-14,16H2,1-4H3,(H2,28,30)(H,31,32)/t17?,18?,21-,23-,24+/m1/s1. The molecule has 0 saturated heterocycles. The van der Waals surface area contributed by atoms with Gasteiger partial charge in [-0.15, -0.1) is 0 Å². The molecule has 2 aliphatic rings. The lowest BCUT2D eigenvalue weighted by molar-refractivity contribution is -0.142. The maximum Gasteiger partial charge on any atom is 0.306 e. The second-order valence-corrected chi connectivity index (χ2v) is 10.1. The van der Waals surface area contributed by atoms with E-state index in [-0.39, 0.29) is 23.5 Å². The van der Waals surface area contributed by atoms with Crippen molar-refractivity contribution in [2.24, 2.45) is 17.6 Å². The van der Waals surface area contributed by atoms with Crippen molar-refractivity contribution in [2.45, 2.75) is 102 Å². The summed E-state index contributed by atoms with van der Waals surface area (Å²) >= 11 is 0. The zero-order chi connectivity index (χ0) is 24.2. The molecule has 5 atom stereocenters. The van der Waals surface area contributed by atoms with Crippen LogP contribution in [0.5, 0.6) is 0 Å². The van der Waals surface area contributed by atoms with Gasteiger partial charge in [0.05, 0.1) is 12.0 Å². The quantitative estimate of drug-likeness (QED) is 0.481. The van der Waals surface area contributed by atoms with Crippen molar-refractivity contribution in [3.05, 3.63) is 34.9 Å². The monoisotopic (exact) mass is 458 g/mol. The van der Waals surface area contributed by atoms with Crippen molar-refractivity contribution in [3.8, 4) is 0 Å². The lowest BCUT2D eigenvalue weighted by Crippen LogP contribution is -2.61. The van der Waals surface area contributed by atoms with E-state index in [0.717, 1.165) is 51.4 Å². The number of hydrogen-bond donors (Lipinski definition) is 3. The molecule has 4 N–H and O–H groups in total. The maximum atomic E-state index is 11.9. The van der Waals surface area contributed by atoms with Crippen molar-refractivity contribution >= 4 is 11.9 Å². The average Bonchev–Trinajstić information content (AvgIpc) is 2.82. The summed E-state index contributed by atoms with van der Waals surface area (Å²) in [7, 11) is 1.79. The number of methoxy groups -OCH3 is 1. The van der Waals surface area contributed by atoms with Crippen LogP contribution in [0.3, 0.4) is 0 Å². The van der Waals surface area contributed by atoms with Crippen LogP contribution in [0.4, 0.5) is 0 Å². The van der Waals surface area contributed by atoms with Gasteiger partial charge in [-0.3, -0.25) is 9.59 Å². The van der Waals surface area contributed by atoms with Gasteiger partial charge in [0.1, 0.15) is 0 Å². The third-order valence-corrected chi connectivity index (χ3v) is 8.54. The fourth-order valence-corrected chi connectivity index (χ4v) is 6.54. The molecule has 6 heteroatoms. The Hall–Kier alpha value is -1.92. The van der Waals surface area contributed by atoms with E-state index in [1.54, 1.807) is 7.11 Å². The van der Waals surface area contributed by atoms with E-state index < -0.39 is 11.9 Å². The van der Waals surface area contributed by atoms with E-state index in [1.807, 2.05) is 25.1 Å². The van der Waals surface area contributed by atoms with Gasteiger partial charge in [0, 0.05) is 36.6 Å². The molecule has 0 heterocycles. The summed E-state index contributed by atoms with van der Waals surface area (Å²) in [5, 5.41) is 13.5. The summed E-state index contributed by atoms with van der Waals surface area (Å²) in [6, 6.07) is 6.35. The number of hydrogen-bond acceptors (Lipinski definition) is 4. The zero-order valence-corrected chi connectivity index (χ0v) is 20.7. The Kier molecular flexibility index (Phi) is 8.57. The Bertz CT molecular complexity index is 835. The summed E-state index contributed by atoms with van der Waals surface area (Å²) in [6.07, 6.45) is 8.50. The number of benzene rings is 1. The highest BCUT2D eigenvalue weighted by atomic mass is 16.5. The van der Waals surface area contributed by atoms with Crippen LogP contribution in [0.15, 0.2) is 18.2 Å². The minimum Gasteiger partial charge on any atom is -0.481 e. The Morgan fingerprint density at radius 3 is 2.55 bits per heavy atom. The topological polar surface area (TPSA) is 102 Å². The van der Waals surface area contributed by atoms with E-state index in [0.29, 0.717) is 23.9 Å². The highest BCUT2D eigenvalue weighted by Gasteiger charge is 2.48. The van der Waals surface area contributed by atoms with Gasteiger partial charge in [0.15, 0.2) is 0 Å². The van der Waals surface area contributed by atoms with Crippen molar-refractivity contribution in [3.63, 3.8) is 0 Å². The van der Waals surface area contributed by atoms with Gasteiger partial charge in [0.25, 0.3) is 0 Å². The third kappa shape index (κ3) is 5.27. The average molecular weight is 459 g/mol. The third-order valence-electron chi connectivity index (χ3n) is 8.54. The fraction of sp³-hybridized carbons (Fsp3) is 0.704. The van der Waals surface area contributed by atoms with Crippen LogP contribution >= 0.6 is 0 Å². The summed E-state index contributed by atoms with van der Waals surface area (Å²) in [6.45, 7) is 6.41. The molecule has 1 aromatic carbocycles. The molecule has 1 fully saturated rings. The predicted octanol–water partition coefficient (Wildman–Crippen LogP) is 4.43. The molecule has 3 rings (SSSR count). The number of primary amides is 1. The minimum absolute atomic E-state index is 0.0413. The summed E-state index contributed by atoms with van der Waals surface area (Å²) in [5.41, 5.74) is 8.49. The number of ether oxygens (including phenoxy) is 1. The molecule has 1 saturated carbocycles. The van der Waals surface area contributed by atoms with E-state index >= 15 is 0 Å². The second-order valence-electron chi connectivity index (χ2n) is 10.1. The lowest BCUT2D eigenvalue weighted by Gasteiger charge is -2.50. The van der Waals surface area contributed by atoms with Crippen molar-refractivity contribution in [1.82, 2.24) is 5.32 Å². The van der Waals surface area contributed by atoms with Crippen LogP contribution in [0.1, 0.15) is 93.6 Å². The Labute approximate surface area is 198 Å². The number of carbonyl (C=O) groups is 2. The molecular weight excluding hydrogens is 416 g/mol. The van der Waals surface area contributed by atoms with Crippen LogP contribution in [-0.4, -0.2) is 42.3 Å². The highest BCUT2D eigenvalue weighted by Crippen LogP contribution is 2.45. The number of carboxylic acids is 1. The van der Waals surface area contributed by atoms with Gasteiger partial charge in [-0.05, 0) is 67.7 Å². The van der Waals surface area contributed by atoms with Crippen LogP contribution < -0.4 is 11.1 Å². The molecule has 2 aliphatic carbocycles. The van der Waals surface area contributed by atoms with Gasteiger partial charge in [-0.25, -0.2) is 0 Å². The smallest absolute Gasteiger partial charge is 0.306 e. The lowest BCUT2D eigenvalue weighted by atomic mass is 9.62. The minimum atomic E-state index is -0.669. The first-order valence-corrected chi connectivity index (χ1v) is 12.7. The SMILES string of the molecule is CCC(CC1CCC[C@@H](N[C@H]2[C@H](OC)Cc3ccc(C(N)=O)cc3C2(CC)CC)C1)C(=O)O. The number of fused-ring (bicyclic) bond motifs is 1. The molecule has 2 unspecified atom stereocenters. The molecular formula is C27H42N2O4. The number of amides is 1. The number of carboxylic acid groups (broad SMARTS) is 1. The Balaban J connectivity index is 1.88. The molecule has 1 amide bonds. The van der Waals surface area contributed by atoms with Crippen LogP contribution in [0.25, 0.3) is 0 Å². The van der Waals surface area contributed by atoms with E-state index in [2.05, 4.69) is 19.2 Å². The molecule has 1 aromatic rings. The molecule has 0 spiro atoms. The number of rotatable bonds is 10. The van der Waals surface area contributed by atoms with Crippen molar-refractivity contribution in [1.29, 1.82) is 0 Å². The fourth-order valence-electron chi connectivity index (χ4n) is 6.54. The largest absolute Gasteiger partial charge is 0.481 e. The maximum absolute atomic E-state index is 11.9. The van der Waals surface area contributed by atoms with Crippen molar-refractivity contribution < 1.29 is 19.4 Å². The predicted molar refractivity (Wildman–Crippen MR) is 130 cm³/mol. The number of carbonyl (C=O) groups excluding carboxylic acids is 1. The zero-order valence-electron chi connectivity index (χ0n) is 20.7. The normalized spacial score (nSPS) is 27.5. The highest BCUT2D eigenvalue weighted by molar-refractivity contribution is 5.93. The molecule has 6 nitrogen and oxygen atoms in total. The van der Waals surface area contributed by atoms with Gasteiger partial charge < -0.3 is 20.9 Å². The first-order chi connectivity index (χ1) is 15.8. The molecule has 0 bridgehead atoms. The molecule has 33 heavy (non-hydrogen) atoms. The van der Waals surface area contributed by atoms with Gasteiger partial charge >= 0.3 is 5.97 Å². The van der Waals surface area contributed by atoms with Gasteiger partial charge in [0.2, 0.25) is 5.91 Å². The van der Waals surface area contributed by atoms with Gasteiger partial charge in [-0.2, -0.15) is 0 Å². The number of aliphatic carboxylic acids is 1. The summed E-state index contributed by atoms with van der Waals surface area (Å²) in [4.78, 5) is 23.5. The molecule has 0 radical (unpaired) electrons. The van der Waals surface area contributed by atoms with Gasteiger partial charge in [-0.1, -0.05) is 39.7 Å². The van der Waals surface area contributed by atoms with Crippen molar-refractivity contribution in [2.75, 3.05) is 7.11 Å². The summed E-state index contributed by atoms with van der Waals surface area (Å²) in [5.74, 6) is -0.874. The molecule has 184 valence electrons. The Morgan fingerprint density at radius 1 is 1.24 bits per heavy atom. The van der Waals surface area contributed by atoms with E-state index in [9.17, 15) is 14.7 Å². The van der Waals surface area contributed by atoms with Crippen LogP contribution in [-0.2, 0) is 21.4 Å². The van der Waals surface area contributed by atoms with E-state index in [1.165, 1.54) is 11.1 Å². The Morgan fingerprint density at radius 2 is 1.97 bits per heavy atom. The first kappa shape index (κ1) is 25.7. The number of nitrogens with two attached hydrogens (primary N) is 1. The summed E-state index contributed by atoms with van der Waals surface area (Å²) < 4.78 is 6.05. The molecule has 0 aliphatic heterocycles. The molecule has 0 aromatic heterocycles. The number of nitrogens with one attached hydrogen (secondary N) is 1. The van der Waals surface area contributed by atoms with E-state index in [4.69, 9.17) is 10.5 Å². The van der Waals surface area contributed by atoms with Crippen LogP contribution in [0, 0.1) is 11.8 Å².